The second-order valence-corrected chi connectivity index (χ2v) is 8.19. The van der Waals surface area contributed by atoms with Gasteiger partial charge in [-0.1, -0.05) is 12.1 Å². The quantitative estimate of drug-likeness (QED) is 0.763. The largest absolute Gasteiger partial charge is 0.497 e. The molecule has 2 saturated heterocycles. The first kappa shape index (κ1) is 20.7. The lowest BCUT2D eigenvalue weighted by Gasteiger charge is -2.34. The molecule has 2 aliphatic rings. The lowest BCUT2D eigenvalue weighted by molar-refractivity contribution is -0.117. The van der Waals surface area contributed by atoms with Gasteiger partial charge < -0.3 is 15.0 Å². The maximum atomic E-state index is 12.5. The molecule has 0 atom stereocenters. The summed E-state index contributed by atoms with van der Waals surface area (Å²) in [6.45, 7) is 7.44. The van der Waals surface area contributed by atoms with Gasteiger partial charge >= 0.3 is 0 Å². The molecule has 2 aromatic rings. The van der Waals surface area contributed by atoms with Crippen LogP contribution in [-0.2, 0) is 11.3 Å². The fourth-order valence-corrected chi connectivity index (χ4v) is 4.23. The number of hydrogen-bond donors (Lipinski definition) is 1. The molecule has 0 spiro atoms. The maximum Gasteiger partial charge on any atom is 0.238 e. The molecule has 2 aliphatic heterocycles. The molecule has 2 fully saturated rings. The van der Waals surface area contributed by atoms with Crippen molar-refractivity contribution >= 4 is 17.3 Å². The monoisotopic (exact) mass is 408 g/mol. The third-order valence-corrected chi connectivity index (χ3v) is 6.02. The van der Waals surface area contributed by atoms with Crippen molar-refractivity contribution in [1.82, 2.24) is 9.80 Å². The molecule has 2 aromatic carbocycles. The molecule has 0 aliphatic carbocycles. The van der Waals surface area contributed by atoms with Crippen molar-refractivity contribution in [2.45, 2.75) is 19.4 Å². The van der Waals surface area contributed by atoms with Crippen molar-refractivity contribution < 1.29 is 9.53 Å². The first-order valence-electron chi connectivity index (χ1n) is 10.9. The summed E-state index contributed by atoms with van der Waals surface area (Å²) < 4.78 is 5.22. The predicted octanol–water partition coefficient (Wildman–Crippen LogP) is 3.05. The molecule has 160 valence electrons. The number of anilines is 2. The number of nitrogens with zero attached hydrogens (tertiary/aromatic N) is 3. The summed E-state index contributed by atoms with van der Waals surface area (Å²) in [6.07, 6.45) is 2.54. The van der Waals surface area contributed by atoms with E-state index in [0.29, 0.717) is 6.54 Å². The molecule has 0 radical (unpaired) electrons. The fourth-order valence-electron chi connectivity index (χ4n) is 4.23. The minimum atomic E-state index is 0.0625. The van der Waals surface area contributed by atoms with Crippen LogP contribution in [0.25, 0.3) is 0 Å². The van der Waals surface area contributed by atoms with Crippen LogP contribution in [0.15, 0.2) is 48.5 Å². The molecule has 4 rings (SSSR count). The average Bonchev–Trinajstić information content (AvgIpc) is 3.31. The Balaban J connectivity index is 1.19. The summed E-state index contributed by atoms with van der Waals surface area (Å²) in [6, 6.07) is 16.5. The molecule has 0 saturated carbocycles. The Bertz CT molecular complexity index is 808. The van der Waals surface area contributed by atoms with Gasteiger partial charge in [0.15, 0.2) is 0 Å². The first-order chi connectivity index (χ1) is 14.7. The zero-order valence-corrected chi connectivity index (χ0v) is 17.8. The summed E-state index contributed by atoms with van der Waals surface area (Å²) in [7, 11) is 1.69. The molecule has 1 amide bonds. The average molecular weight is 409 g/mol. The Kier molecular flexibility index (Phi) is 6.87. The zero-order valence-electron chi connectivity index (χ0n) is 17.8. The number of rotatable bonds is 7. The van der Waals surface area contributed by atoms with Gasteiger partial charge in [0, 0.05) is 57.2 Å². The topological polar surface area (TPSA) is 48.1 Å². The van der Waals surface area contributed by atoms with E-state index in [1.165, 1.54) is 24.1 Å². The summed E-state index contributed by atoms with van der Waals surface area (Å²) in [5.41, 5.74) is 3.42. The van der Waals surface area contributed by atoms with Crippen molar-refractivity contribution in [3.8, 4) is 5.75 Å². The molecule has 30 heavy (non-hydrogen) atoms. The minimum absolute atomic E-state index is 0.0625. The van der Waals surface area contributed by atoms with Gasteiger partial charge in [0.25, 0.3) is 0 Å². The molecule has 1 N–H and O–H groups in total. The SMILES string of the molecule is COc1ccc(CN2CCN(CC(=O)Nc3ccc(N4CCCC4)cc3)CC2)cc1. The Labute approximate surface area is 179 Å². The Morgan fingerprint density at radius 3 is 2.13 bits per heavy atom. The summed E-state index contributed by atoms with van der Waals surface area (Å²) in [4.78, 5) is 19.5. The highest BCUT2D eigenvalue weighted by atomic mass is 16.5. The van der Waals surface area contributed by atoms with Crippen LogP contribution in [0.2, 0.25) is 0 Å². The Morgan fingerprint density at radius 1 is 0.867 bits per heavy atom. The zero-order chi connectivity index (χ0) is 20.8. The van der Waals surface area contributed by atoms with Crippen LogP contribution in [-0.4, -0.2) is 68.6 Å². The van der Waals surface area contributed by atoms with Crippen molar-refractivity contribution in [1.29, 1.82) is 0 Å². The summed E-state index contributed by atoms with van der Waals surface area (Å²) >= 11 is 0. The molecule has 6 nitrogen and oxygen atoms in total. The smallest absolute Gasteiger partial charge is 0.238 e. The van der Waals surface area contributed by atoms with E-state index in [-0.39, 0.29) is 5.91 Å². The Morgan fingerprint density at radius 2 is 1.50 bits per heavy atom. The number of hydrogen-bond acceptors (Lipinski definition) is 5. The fraction of sp³-hybridized carbons (Fsp3) is 0.458. The van der Waals surface area contributed by atoms with Gasteiger partial charge in [-0.25, -0.2) is 0 Å². The molecule has 0 unspecified atom stereocenters. The molecule has 0 bridgehead atoms. The lowest BCUT2D eigenvalue weighted by Crippen LogP contribution is -2.48. The van der Waals surface area contributed by atoms with Gasteiger partial charge in [0.05, 0.1) is 13.7 Å². The van der Waals surface area contributed by atoms with Gasteiger partial charge in [0.2, 0.25) is 5.91 Å². The van der Waals surface area contributed by atoms with E-state index in [0.717, 1.165) is 57.3 Å². The van der Waals surface area contributed by atoms with Gasteiger partial charge in [-0.15, -0.1) is 0 Å². The van der Waals surface area contributed by atoms with E-state index < -0.39 is 0 Å². The summed E-state index contributed by atoms with van der Waals surface area (Å²) in [5, 5.41) is 3.04. The predicted molar refractivity (Wildman–Crippen MR) is 121 cm³/mol. The number of benzene rings is 2. The standard InChI is InChI=1S/C24H32N4O2/c1-30-23-10-4-20(5-11-23)18-26-14-16-27(17-15-26)19-24(29)25-21-6-8-22(9-7-21)28-12-2-3-13-28/h4-11H,2-3,12-19H2,1H3,(H,25,29). The minimum Gasteiger partial charge on any atom is -0.497 e. The van der Waals surface area contributed by atoms with E-state index in [9.17, 15) is 4.79 Å². The molecular formula is C24H32N4O2. The second-order valence-electron chi connectivity index (χ2n) is 8.19. The van der Waals surface area contributed by atoms with Crippen LogP contribution >= 0.6 is 0 Å². The number of nitrogens with one attached hydrogen (secondary N) is 1. The van der Waals surface area contributed by atoms with Crippen molar-refractivity contribution in [2.24, 2.45) is 0 Å². The van der Waals surface area contributed by atoms with Crippen molar-refractivity contribution in [3.05, 3.63) is 54.1 Å². The van der Waals surface area contributed by atoms with Crippen molar-refractivity contribution in [2.75, 3.05) is 63.1 Å². The van der Waals surface area contributed by atoms with Crippen LogP contribution in [0.4, 0.5) is 11.4 Å². The summed E-state index contributed by atoms with van der Waals surface area (Å²) in [5.74, 6) is 0.952. The number of piperazine rings is 1. The van der Waals surface area contributed by atoms with Crippen LogP contribution in [0.5, 0.6) is 5.75 Å². The lowest BCUT2D eigenvalue weighted by atomic mass is 10.2. The number of ether oxygens (including phenoxy) is 1. The van der Waals surface area contributed by atoms with Crippen LogP contribution < -0.4 is 15.0 Å². The van der Waals surface area contributed by atoms with Gasteiger partial charge in [-0.05, 0) is 54.8 Å². The van der Waals surface area contributed by atoms with Crippen LogP contribution in [0.3, 0.4) is 0 Å². The second kappa shape index (κ2) is 9.96. The molecule has 2 heterocycles. The van der Waals surface area contributed by atoms with Crippen LogP contribution in [0.1, 0.15) is 18.4 Å². The van der Waals surface area contributed by atoms with Gasteiger partial charge in [0.1, 0.15) is 5.75 Å². The third-order valence-electron chi connectivity index (χ3n) is 6.02. The maximum absolute atomic E-state index is 12.5. The van der Waals surface area contributed by atoms with Crippen molar-refractivity contribution in [3.63, 3.8) is 0 Å². The van der Waals surface area contributed by atoms with E-state index in [2.05, 4.69) is 44.3 Å². The normalized spacial score (nSPS) is 17.8. The first-order valence-corrected chi connectivity index (χ1v) is 10.9. The Hall–Kier alpha value is -2.57. The van der Waals surface area contributed by atoms with E-state index in [1.54, 1.807) is 7.11 Å². The molecule has 6 heteroatoms. The van der Waals surface area contributed by atoms with Gasteiger partial charge in [-0.3, -0.25) is 14.6 Å². The highest BCUT2D eigenvalue weighted by Gasteiger charge is 2.19. The number of carbonyl (C=O) groups is 1. The highest BCUT2D eigenvalue weighted by Crippen LogP contribution is 2.22. The van der Waals surface area contributed by atoms with E-state index in [1.807, 2.05) is 24.3 Å². The number of methoxy groups -OCH3 is 1. The third kappa shape index (κ3) is 5.52. The number of carbonyl (C=O) groups excluding carboxylic acids is 1. The van der Waals surface area contributed by atoms with E-state index in [4.69, 9.17) is 4.74 Å². The van der Waals surface area contributed by atoms with E-state index >= 15 is 0 Å². The van der Waals surface area contributed by atoms with Crippen LogP contribution in [0, 0.1) is 0 Å². The highest BCUT2D eigenvalue weighted by molar-refractivity contribution is 5.92. The molecule has 0 aromatic heterocycles. The number of amides is 1. The van der Waals surface area contributed by atoms with Gasteiger partial charge in [-0.2, -0.15) is 0 Å². The molecular weight excluding hydrogens is 376 g/mol.